The highest BCUT2D eigenvalue weighted by Gasteiger charge is 2.09. The van der Waals surface area contributed by atoms with Crippen LogP contribution in [0.3, 0.4) is 0 Å². The Morgan fingerprint density at radius 1 is 0.762 bits per heavy atom. The average Bonchev–Trinajstić information content (AvgIpc) is 2.46. The molecular weight excluding hydrogens is 280 g/mol. The maximum atomic E-state index is 11.9. The molecule has 0 aliphatic carbocycles. The molecule has 0 amide bonds. The van der Waals surface area contributed by atoms with Gasteiger partial charge in [0, 0.05) is 22.3 Å². The summed E-state index contributed by atoms with van der Waals surface area (Å²) in [6.07, 6.45) is 15.4. The highest BCUT2D eigenvalue weighted by Crippen LogP contribution is 2.10. The van der Waals surface area contributed by atoms with Gasteiger partial charge in [-0.3, -0.25) is 4.21 Å². The minimum atomic E-state index is -0.818. The van der Waals surface area contributed by atoms with E-state index >= 15 is 0 Å². The third-order valence-corrected chi connectivity index (χ3v) is 5.50. The zero-order valence-electron chi connectivity index (χ0n) is 14.4. The molecule has 0 saturated carbocycles. The van der Waals surface area contributed by atoms with E-state index < -0.39 is 10.8 Å². The number of aliphatic hydroxyl groups is 1. The molecule has 0 saturated heterocycles. The van der Waals surface area contributed by atoms with Crippen LogP contribution in [0.2, 0.25) is 0 Å². The Bertz CT molecular complexity index is 231. The van der Waals surface area contributed by atoms with E-state index in [0.29, 0.717) is 5.75 Å². The fourth-order valence-corrected chi connectivity index (χ4v) is 3.87. The third kappa shape index (κ3) is 16.3. The predicted octanol–water partition coefficient (Wildman–Crippen LogP) is 5.21. The van der Waals surface area contributed by atoms with Crippen LogP contribution in [0, 0.1) is 0 Å². The summed E-state index contributed by atoms with van der Waals surface area (Å²) in [4.78, 5) is 0. The summed E-state index contributed by atoms with van der Waals surface area (Å²) in [6, 6.07) is 0. The van der Waals surface area contributed by atoms with E-state index in [4.69, 9.17) is 0 Å². The van der Waals surface area contributed by atoms with Crippen LogP contribution in [0.25, 0.3) is 0 Å². The van der Waals surface area contributed by atoms with Crippen molar-refractivity contribution in [3.05, 3.63) is 0 Å². The molecular formula is C18H38O2S. The number of aliphatic hydroxyl groups excluding tert-OH is 1. The molecule has 0 aliphatic heterocycles. The van der Waals surface area contributed by atoms with Gasteiger partial charge in [0.25, 0.3) is 0 Å². The third-order valence-electron chi connectivity index (χ3n) is 3.99. The lowest BCUT2D eigenvalue weighted by atomic mass is 10.1. The number of hydrogen-bond acceptors (Lipinski definition) is 2. The molecule has 21 heavy (non-hydrogen) atoms. The van der Waals surface area contributed by atoms with E-state index in [1.54, 1.807) is 0 Å². The zero-order chi connectivity index (χ0) is 15.8. The first-order valence-corrected chi connectivity index (χ1v) is 10.7. The standard InChI is InChI=1S/C18H38O2S/c1-3-5-7-9-11-13-15-18(19)17-21(20)16-14-12-10-8-6-4-2/h18-19H,3-17H2,1-2H3. The molecule has 128 valence electrons. The van der Waals surface area contributed by atoms with Crippen LogP contribution >= 0.6 is 0 Å². The van der Waals surface area contributed by atoms with Gasteiger partial charge in [-0.2, -0.15) is 0 Å². The maximum Gasteiger partial charge on any atom is 0.0655 e. The van der Waals surface area contributed by atoms with Crippen molar-refractivity contribution in [2.75, 3.05) is 11.5 Å². The highest BCUT2D eigenvalue weighted by molar-refractivity contribution is 7.85. The Morgan fingerprint density at radius 2 is 1.24 bits per heavy atom. The van der Waals surface area contributed by atoms with Crippen molar-refractivity contribution in [3.8, 4) is 0 Å². The molecule has 0 bridgehead atoms. The highest BCUT2D eigenvalue weighted by atomic mass is 32.2. The minimum Gasteiger partial charge on any atom is -0.392 e. The van der Waals surface area contributed by atoms with Crippen molar-refractivity contribution in [2.45, 2.75) is 103 Å². The van der Waals surface area contributed by atoms with Crippen LogP contribution in [-0.4, -0.2) is 26.9 Å². The minimum absolute atomic E-state index is 0.350. The van der Waals surface area contributed by atoms with Crippen LogP contribution in [0.4, 0.5) is 0 Å². The fourth-order valence-electron chi connectivity index (χ4n) is 2.58. The van der Waals surface area contributed by atoms with Crippen molar-refractivity contribution in [3.63, 3.8) is 0 Å². The van der Waals surface area contributed by atoms with Gasteiger partial charge in [0.05, 0.1) is 6.10 Å². The fraction of sp³-hybridized carbons (Fsp3) is 1.00. The normalized spacial score (nSPS) is 14.2. The molecule has 0 aliphatic rings. The van der Waals surface area contributed by atoms with Gasteiger partial charge in [0.1, 0.15) is 0 Å². The van der Waals surface area contributed by atoms with Gasteiger partial charge in [0.2, 0.25) is 0 Å². The Morgan fingerprint density at radius 3 is 1.81 bits per heavy atom. The van der Waals surface area contributed by atoms with Crippen molar-refractivity contribution in [2.24, 2.45) is 0 Å². The van der Waals surface area contributed by atoms with Gasteiger partial charge < -0.3 is 5.11 Å². The largest absolute Gasteiger partial charge is 0.392 e. The first-order valence-electron chi connectivity index (χ1n) is 9.23. The summed E-state index contributed by atoms with van der Waals surface area (Å²) in [7, 11) is -0.818. The van der Waals surface area contributed by atoms with Crippen LogP contribution in [0.1, 0.15) is 97.3 Å². The molecule has 0 rings (SSSR count). The maximum absolute atomic E-state index is 11.9. The number of rotatable bonds is 16. The van der Waals surface area contributed by atoms with E-state index in [1.807, 2.05) is 0 Å². The van der Waals surface area contributed by atoms with Gasteiger partial charge >= 0.3 is 0 Å². The van der Waals surface area contributed by atoms with E-state index in [9.17, 15) is 9.32 Å². The van der Waals surface area contributed by atoms with Gasteiger partial charge in [-0.05, 0) is 12.8 Å². The number of hydrogen-bond donors (Lipinski definition) is 1. The van der Waals surface area contributed by atoms with Crippen molar-refractivity contribution >= 4 is 10.8 Å². The van der Waals surface area contributed by atoms with Crippen LogP contribution in [-0.2, 0) is 10.8 Å². The molecule has 0 radical (unpaired) electrons. The molecule has 2 unspecified atom stereocenters. The van der Waals surface area contributed by atoms with E-state index in [2.05, 4.69) is 13.8 Å². The SMILES string of the molecule is CCCCCCCCC(O)CS(=O)CCCCCCCC. The second-order valence-corrected chi connectivity index (χ2v) is 7.91. The molecule has 2 atom stereocenters. The predicted molar refractivity (Wildman–Crippen MR) is 95.3 cm³/mol. The molecule has 0 aromatic rings. The van der Waals surface area contributed by atoms with Crippen molar-refractivity contribution in [1.82, 2.24) is 0 Å². The molecule has 0 aromatic carbocycles. The summed E-state index contributed by atoms with van der Waals surface area (Å²) in [5.74, 6) is 1.27. The quantitative estimate of drug-likeness (QED) is 0.397. The summed E-state index contributed by atoms with van der Waals surface area (Å²) < 4.78 is 11.9. The first-order chi connectivity index (χ1) is 10.2. The number of unbranched alkanes of at least 4 members (excludes halogenated alkanes) is 10. The first kappa shape index (κ1) is 21.1. The molecule has 0 heterocycles. The van der Waals surface area contributed by atoms with Gasteiger partial charge in [0.15, 0.2) is 0 Å². The Kier molecular flexibility index (Phi) is 16.6. The molecule has 2 nitrogen and oxygen atoms in total. The van der Waals surface area contributed by atoms with Gasteiger partial charge in [-0.15, -0.1) is 0 Å². The second kappa shape index (κ2) is 16.5. The summed E-state index contributed by atoms with van der Waals surface area (Å²) in [6.45, 7) is 4.45. The molecule has 0 aromatic heterocycles. The van der Waals surface area contributed by atoms with E-state index in [0.717, 1.165) is 25.0 Å². The van der Waals surface area contributed by atoms with Gasteiger partial charge in [-0.1, -0.05) is 84.5 Å². The average molecular weight is 319 g/mol. The Balaban J connectivity index is 3.35. The molecule has 0 spiro atoms. The summed E-state index contributed by atoms with van der Waals surface area (Å²) >= 11 is 0. The lowest BCUT2D eigenvalue weighted by molar-refractivity contribution is 0.183. The lowest BCUT2D eigenvalue weighted by Crippen LogP contribution is -2.18. The van der Waals surface area contributed by atoms with Crippen LogP contribution in [0.15, 0.2) is 0 Å². The Hall–Kier alpha value is 0.110. The molecule has 3 heteroatoms. The topological polar surface area (TPSA) is 37.3 Å². The molecule has 1 N–H and O–H groups in total. The summed E-state index contributed by atoms with van der Waals surface area (Å²) in [5.41, 5.74) is 0. The smallest absolute Gasteiger partial charge is 0.0655 e. The van der Waals surface area contributed by atoms with Gasteiger partial charge in [-0.25, -0.2) is 0 Å². The van der Waals surface area contributed by atoms with Crippen LogP contribution in [0.5, 0.6) is 0 Å². The molecule has 0 fully saturated rings. The van der Waals surface area contributed by atoms with Crippen molar-refractivity contribution < 1.29 is 9.32 Å². The summed E-state index contributed by atoms with van der Waals surface area (Å²) in [5, 5.41) is 9.90. The lowest BCUT2D eigenvalue weighted by Gasteiger charge is -2.10. The Labute approximate surface area is 135 Å². The zero-order valence-corrected chi connectivity index (χ0v) is 15.3. The van der Waals surface area contributed by atoms with Crippen LogP contribution < -0.4 is 0 Å². The van der Waals surface area contributed by atoms with Crippen molar-refractivity contribution in [1.29, 1.82) is 0 Å². The van der Waals surface area contributed by atoms with E-state index in [-0.39, 0.29) is 6.10 Å². The second-order valence-electron chi connectivity index (χ2n) is 6.29. The monoisotopic (exact) mass is 318 g/mol. The van der Waals surface area contributed by atoms with E-state index in [1.165, 1.54) is 64.2 Å².